The van der Waals surface area contributed by atoms with Gasteiger partial charge in [-0.05, 0) is 5.56 Å². The molecule has 1 aromatic carbocycles. The second kappa shape index (κ2) is 7.11. The summed E-state index contributed by atoms with van der Waals surface area (Å²) in [6.45, 7) is -0.772. The van der Waals surface area contributed by atoms with Crippen molar-refractivity contribution in [2.45, 2.75) is 18.6 Å². The second-order valence-electron chi connectivity index (χ2n) is 3.61. The first-order chi connectivity index (χ1) is 9.02. The van der Waals surface area contributed by atoms with Crippen molar-refractivity contribution >= 4 is 0 Å². The first-order valence-corrected chi connectivity index (χ1v) is 5.30. The largest absolute Gasteiger partial charge is 0.394 e. The van der Waals surface area contributed by atoms with Crippen molar-refractivity contribution in [2.24, 2.45) is 0 Å². The predicted molar refractivity (Wildman–Crippen MR) is 61.0 cm³/mol. The van der Waals surface area contributed by atoms with Crippen molar-refractivity contribution < 1.29 is 25.0 Å². The van der Waals surface area contributed by atoms with Crippen LogP contribution in [-0.4, -0.2) is 34.1 Å². The highest BCUT2D eigenvalue weighted by Crippen LogP contribution is 2.12. The van der Waals surface area contributed by atoms with Gasteiger partial charge in [-0.1, -0.05) is 30.3 Å². The molecule has 0 radical (unpaired) electrons. The Bertz CT molecular complexity index is 425. The van der Waals surface area contributed by atoms with Crippen LogP contribution in [0.2, 0.25) is 0 Å². The Labute approximate surface area is 107 Å². The van der Waals surface area contributed by atoms with Gasteiger partial charge in [-0.25, -0.2) is 0 Å². The number of rotatable bonds is 8. The van der Waals surface area contributed by atoms with Gasteiger partial charge in [0.1, 0.15) is 6.10 Å². The number of hydrogen-bond acceptors (Lipinski definition) is 7. The summed E-state index contributed by atoms with van der Waals surface area (Å²) >= 11 is 0. The minimum Gasteiger partial charge on any atom is -0.394 e. The molecular weight excluding hydrogens is 260 g/mol. The first kappa shape index (κ1) is 14.6. The zero-order valence-corrected chi connectivity index (χ0v) is 9.75. The third kappa shape index (κ3) is 5.17. The highest BCUT2D eigenvalue weighted by Gasteiger charge is 2.28. The highest BCUT2D eigenvalue weighted by molar-refractivity contribution is 5.15. The smallest absolute Gasteiger partial charge is 0.294 e. The van der Waals surface area contributed by atoms with Crippen LogP contribution in [0.4, 0.5) is 0 Å². The van der Waals surface area contributed by atoms with Gasteiger partial charge in [-0.3, -0.25) is 0 Å². The van der Waals surface area contributed by atoms with Crippen LogP contribution in [-0.2, 0) is 16.1 Å². The summed E-state index contributed by atoms with van der Waals surface area (Å²) in [5, 5.41) is 27.5. The maximum absolute atomic E-state index is 10.4. The van der Waals surface area contributed by atoms with E-state index in [1.165, 1.54) is 0 Å². The minimum absolute atomic E-state index is 0.000880. The predicted octanol–water partition coefficient (Wildman–Crippen LogP) is 0.375. The number of aliphatic hydroxyl groups excluding tert-OH is 1. The fraction of sp³-hybridized carbons (Fsp3) is 0.400. The number of hydrogen-bond donors (Lipinski definition) is 1. The highest BCUT2D eigenvalue weighted by atomic mass is 17.0. The van der Waals surface area contributed by atoms with Gasteiger partial charge in [0.25, 0.3) is 10.2 Å². The summed E-state index contributed by atoms with van der Waals surface area (Å²) in [5.74, 6) is 0. The minimum atomic E-state index is -1.43. The van der Waals surface area contributed by atoms with Gasteiger partial charge in [-0.15, -0.1) is 20.2 Å². The fourth-order valence-corrected chi connectivity index (χ4v) is 1.52. The zero-order chi connectivity index (χ0) is 14.3. The van der Waals surface area contributed by atoms with Crippen LogP contribution in [0.25, 0.3) is 0 Å². The van der Waals surface area contributed by atoms with E-state index in [4.69, 9.17) is 5.11 Å². The lowest BCUT2D eigenvalue weighted by Gasteiger charge is -2.21. The van der Waals surface area contributed by atoms with Crippen LogP contribution < -0.4 is 0 Å². The van der Waals surface area contributed by atoms with E-state index in [0.29, 0.717) is 5.56 Å². The van der Waals surface area contributed by atoms with Crippen LogP contribution in [0.3, 0.4) is 0 Å². The van der Waals surface area contributed by atoms with E-state index in [1.807, 2.05) is 0 Å². The molecule has 2 atom stereocenters. The van der Waals surface area contributed by atoms with Crippen molar-refractivity contribution in [1.29, 1.82) is 0 Å². The monoisotopic (exact) mass is 272 g/mol. The van der Waals surface area contributed by atoms with E-state index >= 15 is 0 Å². The molecule has 9 heteroatoms. The van der Waals surface area contributed by atoms with E-state index in [-0.39, 0.29) is 6.42 Å². The van der Waals surface area contributed by atoms with Gasteiger partial charge in [-0.2, -0.15) is 0 Å². The molecule has 0 aliphatic heterocycles. The molecule has 0 unspecified atom stereocenters. The van der Waals surface area contributed by atoms with Gasteiger partial charge in [0.15, 0.2) is 6.10 Å². The Morgan fingerprint density at radius 2 is 1.58 bits per heavy atom. The van der Waals surface area contributed by atoms with Crippen LogP contribution in [0.1, 0.15) is 5.56 Å². The van der Waals surface area contributed by atoms with Gasteiger partial charge >= 0.3 is 0 Å². The van der Waals surface area contributed by atoms with Gasteiger partial charge < -0.3 is 14.8 Å². The van der Waals surface area contributed by atoms with Crippen molar-refractivity contribution in [3.8, 4) is 0 Å². The Morgan fingerprint density at radius 3 is 2.05 bits per heavy atom. The summed E-state index contributed by atoms with van der Waals surface area (Å²) in [6, 6.07) is 8.53. The van der Waals surface area contributed by atoms with Gasteiger partial charge in [0.2, 0.25) is 0 Å². The average molecular weight is 272 g/mol. The molecule has 0 heterocycles. The summed E-state index contributed by atoms with van der Waals surface area (Å²) in [5.41, 5.74) is 0.666. The molecule has 0 aliphatic carbocycles. The number of aliphatic hydroxyl groups is 1. The van der Waals surface area contributed by atoms with E-state index in [9.17, 15) is 20.2 Å². The molecule has 0 bridgehead atoms. The molecule has 0 amide bonds. The van der Waals surface area contributed by atoms with E-state index in [2.05, 4.69) is 9.68 Å². The first-order valence-electron chi connectivity index (χ1n) is 5.30. The summed E-state index contributed by atoms with van der Waals surface area (Å²) in [6.07, 6.45) is -2.70. The lowest BCUT2D eigenvalue weighted by atomic mass is 10.0. The van der Waals surface area contributed by atoms with E-state index in [1.54, 1.807) is 30.3 Å². The van der Waals surface area contributed by atoms with Crippen LogP contribution in [0, 0.1) is 20.2 Å². The topological polar surface area (TPSA) is 125 Å². The average Bonchev–Trinajstić information content (AvgIpc) is 2.35. The third-order valence-corrected chi connectivity index (χ3v) is 2.32. The molecule has 0 aliphatic rings. The normalized spacial score (nSPS) is 13.3. The SMILES string of the molecule is O=[N+]([O-])O[C@@H](Cc1ccccc1)[C@@H](CO)O[N+](=O)[O-]. The lowest BCUT2D eigenvalue weighted by Crippen LogP contribution is -2.39. The molecule has 0 saturated heterocycles. The van der Waals surface area contributed by atoms with Gasteiger partial charge in [0.05, 0.1) is 6.61 Å². The van der Waals surface area contributed by atoms with Crippen molar-refractivity contribution in [1.82, 2.24) is 0 Å². The maximum Gasteiger partial charge on any atom is 0.294 e. The molecule has 1 aromatic rings. The summed E-state index contributed by atoms with van der Waals surface area (Å²) in [4.78, 5) is 29.2. The van der Waals surface area contributed by atoms with Crippen LogP contribution in [0.5, 0.6) is 0 Å². The molecular formula is C10H12N2O7. The second-order valence-corrected chi connectivity index (χ2v) is 3.61. The Morgan fingerprint density at radius 1 is 1.05 bits per heavy atom. The molecule has 0 aromatic heterocycles. The molecule has 104 valence electrons. The molecule has 1 rings (SSSR count). The summed E-state index contributed by atoms with van der Waals surface area (Å²) in [7, 11) is 0. The molecule has 9 nitrogen and oxygen atoms in total. The molecule has 0 saturated carbocycles. The molecule has 0 spiro atoms. The third-order valence-electron chi connectivity index (χ3n) is 2.32. The van der Waals surface area contributed by atoms with Crippen LogP contribution in [0.15, 0.2) is 30.3 Å². The standard InChI is InChI=1S/C10H12N2O7/c13-7-10(19-12(16)17)9(18-11(14)15)6-8-4-2-1-3-5-8/h1-5,9-10,13H,6-7H2/t9-,10+/m0/s1. The van der Waals surface area contributed by atoms with Crippen molar-refractivity contribution in [3.63, 3.8) is 0 Å². The quantitative estimate of drug-likeness (QED) is 0.535. The maximum atomic E-state index is 10.4. The Kier molecular flexibility index (Phi) is 5.48. The van der Waals surface area contributed by atoms with Crippen molar-refractivity contribution in [2.75, 3.05) is 6.61 Å². The molecule has 1 N–H and O–H groups in total. The van der Waals surface area contributed by atoms with E-state index in [0.717, 1.165) is 0 Å². The fourth-order valence-electron chi connectivity index (χ4n) is 1.52. The zero-order valence-electron chi connectivity index (χ0n) is 9.75. The number of nitrogens with zero attached hydrogens (tertiary/aromatic N) is 2. The van der Waals surface area contributed by atoms with E-state index < -0.39 is 29.0 Å². The molecule has 19 heavy (non-hydrogen) atoms. The van der Waals surface area contributed by atoms with Crippen molar-refractivity contribution in [3.05, 3.63) is 56.1 Å². The van der Waals surface area contributed by atoms with Crippen LogP contribution >= 0.6 is 0 Å². The Hall–Kier alpha value is -2.42. The Balaban J connectivity index is 2.80. The summed E-state index contributed by atoms with van der Waals surface area (Å²) < 4.78 is 0. The molecule has 0 fully saturated rings. The number of benzene rings is 1. The lowest BCUT2D eigenvalue weighted by molar-refractivity contribution is -0.799. The van der Waals surface area contributed by atoms with Gasteiger partial charge in [0, 0.05) is 6.42 Å².